The van der Waals surface area contributed by atoms with Gasteiger partial charge >= 0.3 is 5.97 Å². The molecule has 0 N–H and O–H groups in total. The maximum absolute atomic E-state index is 12.5. The molecule has 3 rings (SSSR count). The van der Waals surface area contributed by atoms with E-state index in [0.29, 0.717) is 36.5 Å². The molecule has 1 fully saturated rings. The third kappa shape index (κ3) is 4.86. The van der Waals surface area contributed by atoms with Crippen LogP contribution in [0.3, 0.4) is 0 Å². The van der Waals surface area contributed by atoms with E-state index in [1.54, 1.807) is 29.2 Å². The number of carbonyl (C=O) groups excluding carboxylic acids is 2. The van der Waals surface area contributed by atoms with E-state index in [-0.39, 0.29) is 24.4 Å². The Kier molecular flexibility index (Phi) is 6.33. The van der Waals surface area contributed by atoms with Crippen LogP contribution in [0, 0.1) is 5.92 Å². The molecule has 1 amide bonds. The fraction of sp³-hybridized carbons (Fsp3) is 0.300. The van der Waals surface area contributed by atoms with E-state index >= 15 is 0 Å². The van der Waals surface area contributed by atoms with E-state index < -0.39 is 0 Å². The van der Waals surface area contributed by atoms with Crippen molar-refractivity contribution >= 4 is 39.4 Å². The quantitative estimate of drug-likeness (QED) is 0.653. The fourth-order valence-electron chi connectivity index (χ4n) is 2.95. The van der Waals surface area contributed by atoms with Crippen LogP contribution in [-0.2, 0) is 16.1 Å². The van der Waals surface area contributed by atoms with Gasteiger partial charge in [-0.15, -0.1) is 0 Å². The molecule has 136 valence electrons. The Morgan fingerprint density at radius 3 is 2.27 bits per heavy atom. The molecule has 1 aliphatic rings. The second-order valence-corrected chi connectivity index (χ2v) is 7.66. The summed E-state index contributed by atoms with van der Waals surface area (Å²) in [5.74, 6) is -0.366. The predicted octanol–water partition coefficient (Wildman–Crippen LogP) is 4.70. The normalized spacial score (nSPS) is 14.9. The van der Waals surface area contributed by atoms with Crippen LogP contribution in [0.1, 0.15) is 28.8 Å². The van der Waals surface area contributed by atoms with Gasteiger partial charge in [0.15, 0.2) is 0 Å². The number of ether oxygens (including phenoxy) is 1. The Balaban J connectivity index is 1.48. The molecule has 0 atom stereocenters. The minimum atomic E-state index is -0.188. The number of likely N-dealkylation sites (tertiary alicyclic amines) is 1. The molecule has 2 aromatic carbocycles. The zero-order valence-electron chi connectivity index (χ0n) is 14.2. The SMILES string of the molecule is O=C(OCc1ccc(Br)cc1)C1CCN(C(=O)c2ccc(Cl)cc2)CC1. The Hall–Kier alpha value is -1.85. The molecule has 1 heterocycles. The van der Waals surface area contributed by atoms with Crippen LogP contribution < -0.4 is 0 Å². The minimum Gasteiger partial charge on any atom is -0.461 e. The van der Waals surface area contributed by atoms with E-state index in [9.17, 15) is 9.59 Å². The van der Waals surface area contributed by atoms with Gasteiger partial charge in [0.2, 0.25) is 0 Å². The van der Waals surface area contributed by atoms with Crippen LogP contribution in [0.5, 0.6) is 0 Å². The molecule has 1 saturated heterocycles. The summed E-state index contributed by atoms with van der Waals surface area (Å²) in [4.78, 5) is 26.5. The molecule has 0 radical (unpaired) electrons. The summed E-state index contributed by atoms with van der Waals surface area (Å²) in [6.45, 7) is 1.38. The summed E-state index contributed by atoms with van der Waals surface area (Å²) in [5, 5.41) is 0.605. The highest BCUT2D eigenvalue weighted by Gasteiger charge is 2.28. The first kappa shape index (κ1) is 18.9. The van der Waals surface area contributed by atoms with Crippen LogP contribution in [0.15, 0.2) is 53.0 Å². The number of amides is 1. The van der Waals surface area contributed by atoms with Crippen LogP contribution in [0.2, 0.25) is 5.02 Å². The van der Waals surface area contributed by atoms with E-state index in [2.05, 4.69) is 15.9 Å². The Labute approximate surface area is 166 Å². The smallest absolute Gasteiger partial charge is 0.309 e. The number of hydrogen-bond acceptors (Lipinski definition) is 3. The molecule has 0 spiro atoms. The number of benzene rings is 2. The van der Waals surface area contributed by atoms with Gasteiger partial charge in [0.25, 0.3) is 5.91 Å². The van der Waals surface area contributed by atoms with Gasteiger partial charge < -0.3 is 9.64 Å². The predicted molar refractivity (Wildman–Crippen MR) is 104 cm³/mol. The number of piperidine rings is 1. The number of hydrogen-bond donors (Lipinski definition) is 0. The first-order valence-electron chi connectivity index (χ1n) is 8.49. The van der Waals surface area contributed by atoms with Gasteiger partial charge in [-0.1, -0.05) is 39.7 Å². The lowest BCUT2D eigenvalue weighted by Gasteiger charge is -2.31. The van der Waals surface area contributed by atoms with Crippen molar-refractivity contribution in [2.45, 2.75) is 19.4 Å². The first-order chi connectivity index (χ1) is 12.5. The summed E-state index contributed by atoms with van der Waals surface area (Å²) >= 11 is 9.24. The van der Waals surface area contributed by atoms with Gasteiger partial charge in [-0.25, -0.2) is 0 Å². The number of nitrogens with zero attached hydrogens (tertiary/aromatic N) is 1. The van der Waals surface area contributed by atoms with Crippen LogP contribution >= 0.6 is 27.5 Å². The molecular weight excluding hydrogens is 418 g/mol. The summed E-state index contributed by atoms with van der Waals surface area (Å²) < 4.78 is 6.42. The van der Waals surface area contributed by atoms with E-state index in [0.717, 1.165) is 10.0 Å². The number of rotatable bonds is 4. The van der Waals surface area contributed by atoms with Gasteiger partial charge in [0.1, 0.15) is 6.61 Å². The second-order valence-electron chi connectivity index (χ2n) is 6.31. The third-order valence-corrected chi connectivity index (χ3v) is 5.28. The van der Waals surface area contributed by atoms with Crippen LogP contribution in [-0.4, -0.2) is 29.9 Å². The average Bonchev–Trinajstić information content (AvgIpc) is 2.67. The van der Waals surface area contributed by atoms with E-state index in [1.165, 1.54) is 0 Å². The van der Waals surface area contributed by atoms with Crippen molar-refractivity contribution in [2.75, 3.05) is 13.1 Å². The van der Waals surface area contributed by atoms with Gasteiger partial charge in [-0.3, -0.25) is 9.59 Å². The summed E-state index contributed by atoms with van der Waals surface area (Å²) in [6.07, 6.45) is 1.25. The molecule has 6 heteroatoms. The van der Waals surface area contributed by atoms with Crippen molar-refractivity contribution in [3.8, 4) is 0 Å². The molecular formula is C20H19BrClNO3. The van der Waals surface area contributed by atoms with Gasteiger partial charge in [0, 0.05) is 28.1 Å². The average molecular weight is 437 g/mol. The maximum atomic E-state index is 12.5. The molecule has 1 aliphatic heterocycles. The zero-order chi connectivity index (χ0) is 18.5. The van der Waals surface area contributed by atoms with Crippen LogP contribution in [0.25, 0.3) is 0 Å². The van der Waals surface area contributed by atoms with Crippen molar-refractivity contribution < 1.29 is 14.3 Å². The molecule has 0 saturated carbocycles. The molecule has 0 aromatic heterocycles. The highest BCUT2D eigenvalue weighted by Crippen LogP contribution is 2.22. The first-order valence-corrected chi connectivity index (χ1v) is 9.66. The topological polar surface area (TPSA) is 46.6 Å². The number of esters is 1. The Morgan fingerprint density at radius 1 is 1.04 bits per heavy atom. The largest absolute Gasteiger partial charge is 0.461 e. The second kappa shape index (κ2) is 8.69. The van der Waals surface area contributed by atoms with E-state index in [4.69, 9.17) is 16.3 Å². The van der Waals surface area contributed by atoms with Gasteiger partial charge in [0.05, 0.1) is 5.92 Å². The van der Waals surface area contributed by atoms with E-state index in [1.807, 2.05) is 24.3 Å². The molecule has 0 unspecified atom stereocenters. The standard InChI is InChI=1S/C20H19BrClNO3/c21-17-5-1-14(2-6-17)13-26-20(25)16-9-11-23(12-10-16)19(24)15-3-7-18(22)8-4-15/h1-8,16H,9-13H2. The molecule has 2 aromatic rings. The highest BCUT2D eigenvalue weighted by molar-refractivity contribution is 9.10. The zero-order valence-corrected chi connectivity index (χ0v) is 16.5. The summed E-state index contributed by atoms with van der Waals surface area (Å²) in [7, 11) is 0. The Morgan fingerprint density at radius 2 is 1.65 bits per heavy atom. The molecule has 0 aliphatic carbocycles. The Bertz CT molecular complexity index is 769. The lowest BCUT2D eigenvalue weighted by molar-refractivity contribution is -0.151. The molecule has 4 nitrogen and oxygen atoms in total. The van der Waals surface area contributed by atoms with Crippen molar-refractivity contribution in [3.63, 3.8) is 0 Å². The number of carbonyl (C=O) groups is 2. The minimum absolute atomic E-state index is 0.0247. The lowest BCUT2D eigenvalue weighted by atomic mass is 9.96. The van der Waals surface area contributed by atoms with Crippen molar-refractivity contribution in [1.82, 2.24) is 4.90 Å². The molecule has 26 heavy (non-hydrogen) atoms. The van der Waals surface area contributed by atoms with Gasteiger partial charge in [-0.05, 0) is 54.8 Å². The monoisotopic (exact) mass is 435 g/mol. The maximum Gasteiger partial charge on any atom is 0.309 e. The van der Waals surface area contributed by atoms with Crippen molar-refractivity contribution in [2.24, 2.45) is 5.92 Å². The number of halogens is 2. The van der Waals surface area contributed by atoms with Crippen molar-refractivity contribution in [3.05, 3.63) is 69.2 Å². The fourth-order valence-corrected chi connectivity index (χ4v) is 3.34. The lowest BCUT2D eigenvalue weighted by Crippen LogP contribution is -2.40. The van der Waals surface area contributed by atoms with Gasteiger partial charge in [-0.2, -0.15) is 0 Å². The van der Waals surface area contributed by atoms with Crippen molar-refractivity contribution in [1.29, 1.82) is 0 Å². The molecule has 0 bridgehead atoms. The summed E-state index contributed by atoms with van der Waals surface area (Å²) in [5.41, 5.74) is 1.57. The van der Waals surface area contributed by atoms with Crippen LogP contribution in [0.4, 0.5) is 0 Å². The highest BCUT2D eigenvalue weighted by atomic mass is 79.9. The third-order valence-electron chi connectivity index (χ3n) is 4.50. The summed E-state index contributed by atoms with van der Waals surface area (Å²) in [6, 6.07) is 14.6.